The fourth-order valence-electron chi connectivity index (χ4n) is 5.35. The zero-order valence-corrected chi connectivity index (χ0v) is 19.4. The largest absolute Gasteiger partial charge is 0.511 e. The van der Waals surface area contributed by atoms with Crippen molar-refractivity contribution in [1.29, 1.82) is 0 Å². The SMILES string of the molecule is CN=C(NC1CCN(S(=O)(=O)C(F)(F)F)CC1)NC1C2CCOC2C12CCC2.I. The van der Waals surface area contributed by atoms with Gasteiger partial charge in [0.1, 0.15) is 0 Å². The summed E-state index contributed by atoms with van der Waals surface area (Å²) < 4.78 is 67.6. The number of nitrogens with zero attached hydrogens (tertiary/aromatic N) is 2. The number of alkyl halides is 3. The summed E-state index contributed by atoms with van der Waals surface area (Å²) in [6, 6.07) is 0.199. The van der Waals surface area contributed by atoms with E-state index in [1.54, 1.807) is 7.05 Å². The summed E-state index contributed by atoms with van der Waals surface area (Å²) in [6.45, 7) is 0.498. The number of ether oxygens (including phenoxy) is 1. The van der Waals surface area contributed by atoms with Gasteiger partial charge in [-0.25, -0.2) is 8.42 Å². The summed E-state index contributed by atoms with van der Waals surface area (Å²) in [5.74, 6) is 1.12. The first-order chi connectivity index (χ1) is 13.2. The van der Waals surface area contributed by atoms with Crippen molar-refractivity contribution in [3.63, 3.8) is 0 Å². The number of guanidine groups is 1. The van der Waals surface area contributed by atoms with Crippen molar-refractivity contribution in [3.05, 3.63) is 0 Å². The van der Waals surface area contributed by atoms with E-state index in [-0.39, 0.29) is 48.5 Å². The maximum Gasteiger partial charge on any atom is 0.511 e. The average Bonchev–Trinajstić information content (AvgIpc) is 3.01. The number of nitrogens with one attached hydrogen (secondary N) is 2. The predicted molar refractivity (Wildman–Crippen MR) is 113 cm³/mol. The lowest BCUT2D eigenvalue weighted by molar-refractivity contribution is -0.171. The summed E-state index contributed by atoms with van der Waals surface area (Å²) in [5.41, 5.74) is -5.05. The number of piperidine rings is 1. The Bertz CT molecular complexity index is 737. The average molecular weight is 552 g/mol. The molecule has 2 aliphatic heterocycles. The van der Waals surface area contributed by atoms with Crippen molar-refractivity contribution in [2.75, 3.05) is 26.7 Å². The van der Waals surface area contributed by atoms with Crippen molar-refractivity contribution in [1.82, 2.24) is 14.9 Å². The number of rotatable bonds is 3. The molecule has 0 aromatic heterocycles. The van der Waals surface area contributed by atoms with Gasteiger partial charge in [0.2, 0.25) is 0 Å². The first-order valence-corrected chi connectivity index (χ1v) is 11.3. The van der Waals surface area contributed by atoms with Gasteiger partial charge in [0.15, 0.2) is 5.96 Å². The van der Waals surface area contributed by atoms with Crippen molar-refractivity contribution in [2.24, 2.45) is 16.3 Å². The predicted octanol–water partition coefficient (Wildman–Crippen LogP) is 2.04. The zero-order chi connectivity index (χ0) is 20.2. The van der Waals surface area contributed by atoms with Gasteiger partial charge in [0.05, 0.1) is 6.10 Å². The van der Waals surface area contributed by atoms with Crippen LogP contribution in [0.15, 0.2) is 4.99 Å². The van der Waals surface area contributed by atoms with Crippen molar-refractivity contribution >= 4 is 40.0 Å². The topological polar surface area (TPSA) is 83.0 Å². The summed E-state index contributed by atoms with van der Waals surface area (Å²) in [7, 11) is -3.57. The lowest BCUT2D eigenvalue weighted by Crippen LogP contribution is -2.72. The quantitative estimate of drug-likeness (QED) is 0.318. The molecular formula is C17H28F3IN4O3S. The fraction of sp³-hybridized carbons (Fsp3) is 0.941. The molecular weight excluding hydrogens is 524 g/mol. The second-order valence-corrected chi connectivity index (χ2v) is 10.2. The van der Waals surface area contributed by atoms with Crippen LogP contribution in [0.25, 0.3) is 0 Å². The minimum atomic E-state index is -5.25. The van der Waals surface area contributed by atoms with E-state index >= 15 is 0 Å². The summed E-state index contributed by atoms with van der Waals surface area (Å²) in [4.78, 5) is 4.29. The van der Waals surface area contributed by atoms with E-state index in [0.29, 0.717) is 41.2 Å². The van der Waals surface area contributed by atoms with Crippen LogP contribution in [0.3, 0.4) is 0 Å². The third-order valence-corrected chi connectivity index (χ3v) is 8.61. The summed E-state index contributed by atoms with van der Waals surface area (Å²) in [6.07, 6.45) is 5.50. The molecule has 2 aliphatic carbocycles. The number of aliphatic imine (C=N–C) groups is 1. The standard InChI is InChI=1S/C17H27F3N4O3S.HI/c1-21-15(23-13-12-5-10-27-14(12)16(13)6-2-7-16)22-11-3-8-24(9-4-11)28(25,26)17(18,19)20;/h11-14H,2-10H2,1H3,(H2,21,22,23);1H. The highest BCUT2D eigenvalue weighted by atomic mass is 127. The van der Waals surface area contributed by atoms with Gasteiger partial charge < -0.3 is 15.4 Å². The van der Waals surface area contributed by atoms with Crippen LogP contribution in [0.1, 0.15) is 38.5 Å². The Balaban J connectivity index is 0.00000240. The monoisotopic (exact) mass is 552 g/mol. The molecule has 2 heterocycles. The van der Waals surface area contributed by atoms with Crippen LogP contribution in [-0.4, -0.2) is 69.1 Å². The Morgan fingerprint density at radius 3 is 2.34 bits per heavy atom. The Labute approximate surface area is 186 Å². The minimum absolute atomic E-state index is 0. The normalized spacial score (nSPS) is 32.7. The number of hydrogen-bond donors (Lipinski definition) is 2. The van der Waals surface area contributed by atoms with E-state index in [1.807, 2.05) is 0 Å². The van der Waals surface area contributed by atoms with Gasteiger partial charge >= 0.3 is 15.5 Å². The van der Waals surface area contributed by atoms with Crippen molar-refractivity contribution in [2.45, 2.75) is 62.2 Å². The molecule has 2 saturated heterocycles. The molecule has 4 fully saturated rings. The lowest BCUT2D eigenvalue weighted by Gasteiger charge is -2.63. The fourth-order valence-corrected chi connectivity index (χ4v) is 6.34. The van der Waals surface area contributed by atoms with Crippen LogP contribution in [0, 0.1) is 11.3 Å². The molecule has 2 saturated carbocycles. The molecule has 3 unspecified atom stereocenters. The smallest absolute Gasteiger partial charge is 0.377 e. The van der Waals surface area contributed by atoms with Crippen LogP contribution in [-0.2, 0) is 14.8 Å². The highest BCUT2D eigenvalue weighted by Crippen LogP contribution is 2.62. The Kier molecular flexibility index (Phi) is 6.68. The maximum atomic E-state index is 12.7. The third kappa shape index (κ3) is 3.86. The number of hydrogen-bond acceptors (Lipinski definition) is 4. The maximum absolute atomic E-state index is 12.7. The zero-order valence-electron chi connectivity index (χ0n) is 16.2. The van der Waals surface area contributed by atoms with Crippen LogP contribution in [0.2, 0.25) is 0 Å². The van der Waals surface area contributed by atoms with Crippen molar-refractivity contribution < 1.29 is 26.3 Å². The van der Waals surface area contributed by atoms with Crippen LogP contribution < -0.4 is 10.6 Å². The molecule has 0 bridgehead atoms. The van der Waals surface area contributed by atoms with Gasteiger partial charge in [-0.15, -0.1) is 24.0 Å². The van der Waals surface area contributed by atoms with Gasteiger partial charge in [-0.2, -0.15) is 17.5 Å². The van der Waals surface area contributed by atoms with Gasteiger partial charge in [-0.05, 0) is 32.1 Å². The Hall–Kier alpha value is -0.340. The highest BCUT2D eigenvalue weighted by molar-refractivity contribution is 14.0. The summed E-state index contributed by atoms with van der Waals surface area (Å²) in [5, 5.41) is 6.80. The molecule has 7 nitrogen and oxygen atoms in total. The second kappa shape index (κ2) is 8.30. The van der Waals surface area contributed by atoms with Crippen LogP contribution in [0.5, 0.6) is 0 Å². The Morgan fingerprint density at radius 2 is 1.83 bits per heavy atom. The molecule has 0 aromatic carbocycles. The minimum Gasteiger partial charge on any atom is -0.377 e. The number of fused-ring (bicyclic) bond motifs is 2. The first kappa shape index (κ1) is 23.3. The number of sulfonamides is 1. The van der Waals surface area contributed by atoms with Crippen LogP contribution >= 0.6 is 24.0 Å². The first-order valence-electron chi connectivity index (χ1n) is 9.87. The Morgan fingerprint density at radius 1 is 1.17 bits per heavy atom. The molecule has 0 radical (unpaired) electrons. The van der Waals surface area contributed by atoms with E-state index in [1.165, 1.54) is 6.42 Å². The third-order valence-electron chi connectivity index (χ3n) is 6.98. The van der Waals surface area contributed by atoms with Gasteiger partial charge in [0, 0.05) is 50.2 Å². The highest BCUT2D eigenvalue weighted by Gasteiger charge is 2.66. The molecule has 1 spiro atoms. The molecule has 4 aliphatic rings. The van der Waals surface area contributed by atoms with Gasteiger partial charge in [-0.3, -0.25) is 4.99 Å². The summed E-state index contributed by atoms with van der Waals surface area (Å²) >= 11 is 0. The molecule has 168 valence electrons. The van der Waals surface area contributed by atoms with Crippen LogP contribution in [0.4, 0.5) is 13.2 Å². The molecule has 4 rings (SSSR count). The van der Waals surface area contributed by atoms with E-state index in [0.717, 1.165) is 25.9 Å². The lowest BCUT2D eigenvalue weighted by atomic mass is 9.46. The molecule has 0 aromatic rings. The van der Waals surface area contributed by atoms with E-state index < -0.39 is 15.5 Å². The van der Waals surface area contributed by atoms with Gasteiger partial charge in [0.25, 0.3) is 0 Å². The second-order valence-electron chi connectivity index (χ2n) is 8.29. The molecule has 2 N–H and O–H groups in total. The van der Waals surface area contributed by atoms with Crippen molar-refractivity contribution in [3.8, 4) is 0 Å². The van der Waals surface area contributed by atoms with E-state index in [4.69, 9.17) is 4.74 Å². The molecule has 29 heavy (non-hydrogen) atoms. The number of halogens is 4. The molecule has 3 atom stereocenters. The van der Waals surface area contributed by atoms with E-state index in [2.05, 4.69) is 15.6 Å². The van der Waals surface area contributed by atoms with E-state index in [9.17, 15) is 21.6 Å². The van der Waals surface area contributed by atoms with Gasteiger partial charge in [-0.1, -0.05) is 6.42 Å². The molecule has 0 amide bonds. The molecule has 12 heteroatoms.